The van der Waals surface area contributed by atoms with Crippen molar-refractivity contribution < 1.29 is 0 Å². The van der Waals surface area contributed by atoms with E-state index in [-0.39, 0.29) is 0 Å². The fourth-order valence-corrected chi connectivity index (χ4v) is 3.10. The highest BCUT2D eigenvalue weighted by Gasteiger charge is 1.98. The van der Waals surface area contributed by atoms with Crippen LogP contribution >= 0.6 is 0 Å². The molecule has 2 N–H and O–H groups in total. The van der Waals surface area contributed by atoms with Crippen molar-refractivity contribution in [1.82, 2.24) is 0 Å². The number of benzene rings is 1. The van der Waals surface area contributed by atoms with Crippen LogP contribution in [0, 0.1) is 0 Å². The van der Waals surface area contributed by atoms with E-state index in [2.05, 4.69) is 19.1 Å². The van der Waals surface area contributed by atoms with Crippen LogP contribution < -0.4 is 5.73 Å². The van der Waals surface area contributed by atoms with E-state index < -0.39 is 0 Å². The highest BCUT2D eigenvalue weighted by molar-refractivity contribution is 5.46. The Morgan fingerprint density at radius 1 is 0.636 bits per heavy atom. The van der Waals surface area contributed by atoms with Gasteiger partial charge in [0.2, 0.25) is 0 Å². The molecular weight excluding hydrogens is 266 g/mol. The minimum atomic E-state index is 0.960. The van der Waals surface area contributed by atoms with Gasteiger partial charge in [-0.05, 0) is 24.5 Å². The van der Waals surface area contributed by atoms with Crippen LogP contribution in [0.2, 0.25) is 0 Å². The number of unbranched alkanes of at least 4 members (excludes halogenated alkanes) is 12. The Kier molecular flexibility index (Phi) is 11.8. The van der Waals surface area contributed by atoms with Crippen molar-refractivity contribution in [3.63, 3.8) is 0 Å². The molecule has 1 heteroatoms. The van der Waals surface area contributed by atoms with Crippen molar-refractivity contribution in [1.29, 1.82) is 0 Å². The van der Waals surface area contributed by atoms with Crippen LogP contribution in [0.1, 0.15) is 96.0 Å². The number of anilines is 1. The standard InChI is InChI=1S/C21H37N/c1-2-3-4-5-6-7-8-9-10-11-12-13-14-17-20-18-15-16-19-21(20)22/h15-16,18-19H,2-14,17,22H2,1H3. The summed E-state index contributed by atoms with van der Waals surface area (Å²) in [5, 5.41) is 0. The quantitative estimate of drug-likeness (QED) is 0.293. The lowest BCUT2D eigenvalue weighted by molar-refractivity contribution is 0.539. The Bertz CT molecular complexity index is 359. The van der Waals surface area contributed by atoms with Crippen LogP contribution in [0.3, 0.4) is 0 Å². The molecule has 0 aliphatic rings. The third-order valence-electron chi connectivity index (χ3n) is 4.60. The van der Waals surface area contributed by atoms with Crippen molar-refractivity contribution in [2.75, 3.05) is 5.73 Å². The highest BCUT2D eigenvalue weighted by Crippen LogP contribution is 2.16. The fraction of sp³-hybridized carbons (Fsp3) is 0.714. The molecule has 1 rings (SSSR count). The maximum atomic E-state index is 5.97. The van der Waals surface area contributed by atoms with Crippen molar-refractivity contribution in [2.45, 2.75) is 96.8 Å². The number of nitrogen functional groups attached to an aromatic ring is 1. The van der Waals surface area contributed by atoms with Gasteiger partial charge in [0, 0.05) is 5.69 Å². The molecule has 0 heterocycles. The van der Waals surface area contributed by atoms with Crippen LogP contribution in [0.25, 0.3) is 0 Å². The van der Waals surface area contributed by atoms with Gasteiger partial charge < -0.3 is 5.73 Å². The minimum absolute atomic E-state index is 0.960. The molecule has 0 aliphatic carbocycles. The lowest BCUT2D eigenvalue weighted by Crippen LogP contribution is -1.93. The van der Waals surface area contributed by atoms with E-state index in [4.69, 9.17) is 5.73 Å². The average molecular weight is 304 g/mol. The van der Waals surface area contributed by atoms with Gasteiger partial charge in [0.1, 0.15) is 0 Å². The number of nitrogens with two attached hydrogens (primary N) is 1. The maximum absolute atomic E-state index is 5.97. The maximum Gasteiger partial charge on any atom is 0.0346 e. The van der Waals surface area contributed by atoms with E-state index >= 15 is 0 Å². The van der Waals surface area contributed by atoms with Crippen LogP contribution in [-0.2, 0) is 6.42 Å². The van der Waals surface area contributed by atoms with Crippen LogP contribution in [0.15, 0.2) is 24.3 Å². The summed E-state index contributed by atoms with van der Waals surface area (Å²) in [6, 6.07) is 8.28. The molecule has 0 radical (unpaired) electrons. The summed E-state index contributed by atoms with van der Waals surface area (Å²) in [6.45, 7) is 2.29. The molecule has 0 bridgehead atoms. The first kappa shape index (κ1) is 19.1. The Morgan fingerprint density at radius 2 is 1.09 bits per heavy atom. The molecule has 126 valence electrons. The van der Waals surface area contributed by atoms with Gasteiger partial charge in [-0.15, -0.1) is 0 Å². The van der Waals surface area contributed by atoms with Crippen molar-refractivity contribution in [3.8, 4) is 0 Å². The molecule has 0 aliphatic heterocycles. The summed E-state index contributed by atoms with van der Waals surface area (Å²) in [5.74, 6) is 0. The smallest absolute Gasteiger partial charge is 0.0346 e. The van der Waals surface area contributed by atoms with Gasteiger partial charge in [-0.2, -0.15) is 0 Å². The topological polar surface area (TPSA) is 26.0 Å². The molecule has 0 amide bonds. The van der Waals surface area contributed by atoms with Crippen LogP contribution in [0.5, 0.6) is 0 Å². The van der Waals surface area contributed by atoms with E-state index in [1.807, 2.05) is 12.1 Å². The van der Waals surface area contributed by atoms with Crippen molar-refractivity contribution in [3.05, 3.63) is 29.8 Å². The zero-order valence-corrected chi connectivity index (χ0v) is 14.8. The van der Waals surface area contributed by atoms with E-state index in [0.29, 0.717) is 0 Å². The Morgan fingerprint density at radius 3 is 1.59 bits per heavy atom. The molecule has 0 saturated carbocycles. The molecule has 1 aromatic carbocycles. The molecule has 0 unspecified atom stereocenters. The van der Waals surface area contributed by atoms with Gasteiger partial charge in [-0.25, -0.2) is 0 Å². The Balaban J connectivity index is 1.81. The third-order valence-corrected chi connectivity index (χ3v) is 4.60. The summed E-state index contributed by atoms with van der Waals surface area (Å²) in [4.78, 5) is 0. The number of aryl methyl sites for hydroxylation is 1. The molecule has 0 atom stereocenters. The second kappa shape index (κ2) is 13.7. The van der Waals surface area contributed by atoms with Gasteiger partial charge in [-0.3, -0.25) is 0 Å². The number of para-hydroxylation sites is 1. The van der Waals surface area contributed by atoms with E-state index in [1.54, 1.807) is 0 Å². The van der Waals surface area contributed by atoms with E-state index in [1.165, 1.54) is 89.0 Å². The average Bonchev–Trinajstić information content (AvgIpc) is 2.53. The predicted molar refractivity (Wildman–Crippen MR) is 100 cm³/mol. The van der Waals surface area contributed by atoms with Crippen LogP contribution in [-0.4, -0.2) is 0 Å². The summed E-state index contributed by atoms with van der Waals surface area (Å²) in [6.07, 6.45) is 19.5. The van der Waals surface area contributed by atoms with Crippen molar-refractivity contribution in [2.24, 2.45) is 0 Å². The lowest BCUT2D eigenvalue weighted by Gasteiger charge is -2.05. The molecule has 0 spiro atoms. The van der Waals surface area contributed by atoms with Gasteiger partial charge >= 0.3 is 0 Å². The molecule has 0 saturated heterocycles. The third kappa shape index (κ3) is 9.87. The summed E-state index contributed by atoms with van der Waals surface area (Å²) in [5.41, 5.74) is 8.25. The summed E-state index contributed by atoms with van der Waals surface area (Å²) >= 11 is 0. The second-order valence-corrected chi connectivity index (χ2v) is 6.69. The van der Waals surface area contributed by atoms with E-state index in [9.17, 15) is 0 Å². The number of rotatable bonds is 14. The second-order valence-electron chi connectivity index (χ2n) is 6.69. The van der Waals surface area contributed by atoms with Crippen LogP contribution in [0.4, 0.5) is 5.69 Å². The zero-order valence-electron chi connectivity index (χ0n) is 14.8. The first-order valence-corrected chi connectivity index (χ1v) is 9.68. The van der Waals surface area contributed by atoms with Gasteiger partial charge in [0.15, 0.2) is 0 Å². The lowest BCUT2D eigenvalue weighted by atomic mass is 10.0. The Labute approximate surface area is 138 Å². The van der Waals surface area contributed by atoms with E-state index in [0.717, 1.165) is 12.1 Å². The minimum Gasteiger partial charge on any atom is -0.399 e. The fourth-order valence-electron chi connectivity index (χ4n) is 3.10. The summed E-state index contributed by atoms with van der Waals surface area (Å²) < 4.78 is 0. The van der Waals surface area contributed by atoms with Crippen molar-refractivity contribution >= 4 is 5.69 Å². The molecule has 1 aromatic rings. The normalized spacial score (nSPS) is 11.0. The van der Waals surface area contributed by atoms with Gasteiger partial charge in [0.25, 0.3) is 0 Å². The number of hydrogen-bond acceptors (Lipinski definition) is 1. The zero-order chi connectivity index (χ0) is 15.9. The highest BCUT2D eigenvalue weighted by atomic mass is 14.6. The number of hydrogen-bond donors (Lipinski definition) is 1. The molecular formula is C21H37N. The first-order chi connectivity index (χ1) is 10.8. The van der Waals surface area contributed by atoms with Gasteiger partial charge in [0.05, 0.1) is 0 Å². The van der Waals surface area contributed by atoms with Gasteiger partial charge in [-0.1, -0.05) is 102 Å². The summed E-state index contributed by atoms with van der Waals surface area (Å²) in [7, 11) is 0. The molecule has 1 nitrogen and oxygen atoms in total. The SMILES string of the molecule is CCCCCCCCCCCCCCCc1ccccc1N. The molecule has 0 aromatic heterocycles. The largest absolute Gasteiger partial charge is 0.399 e. The monoisotopic (exact) mass is 303 g/mol. The Hall–Kier alpha value is -0.980. The molecule has 0 fully saturated rings. The first-order valence-electron chi connectivity index (χ1n) is 9.68. The predicted octanol–water partition coefficient (Wildman–Crippen LogP) is 6.90. The molecule has 22 heavy (non-hydrogen) atoms.